The van der Waals surface area contributed by atoms with Gasteiger partial charge in [0.1, 0.15) is 6.04 Å². The molecule has 2 heterocycles. The molecule has 0 unspecified atom stereocenters. The first kappa shape index (κ1) is 19.4. The van der Waals surface area contributed by atoms with Crippen molar-refractivity contribution in [2.75, 3.05) is 13.1 Å². The first-order valence-corrected chi connectivity index (χ1v) is 9.79. The number of carboxylic acid groups (broad SMARTS) is 1. The van der Waals surface area contributed by atoms with Crippen LogP contribution in [0, 0.1) is 12.8 Å². The number of rotatable bonds is 6. The number of hydrogen-bond donors (Lipinski definition) is 1. The van der Waals surface area contributed by atoms with Crippen molar-refractivity contribution < 1.29 is 19.5 Å². The molecular formula is C21H28N2O4. The molecule has 2 fully saturated rings. The molecule has 2 amide bonds. The molecule has 0 saturated carbocycles. The highest BCUT2D eigenvalue weighted by molar-refractivity contribution is 5.91. The van der Waals surface area contributed by atoms with E-state index in [1.54, 1.807) is 4.90 Å². The van der Waals surface area contributed by atoms with E-state index < -0.39 is 12.0 Å². The number of aryl methyl sites for hydroxylation is 1. The second kappa shape index (κ2) is 8.55. The molecule has 27 heavy (non-hydrogen) atoms. The van der Waals surface area contributed by atoms with Gasteiger partial charge < -0.3 is 14.9 Å². The third-order valence-corrected chi connectivity index (χ3v) is 5.68. The Morgan fingerprint density at radius 3 is 2.63 bits per heavy atom. The molecule has 0 aromatic heterocycles. The summed E-state index contributed by atoms with van der Waals surface area (Å²) in [5.41, 5.74) is 2.20. The van der Waals surface area contributed by atoms with Crippen LogP contribution in [0.5, 0.6) is 0 Å². The number of carbonyl (C=O) groups is 3. The fraction of sp³-hybridized carbons (Fsp3) is 0.571. The lowest BCUT2D eigenvalue weighted by molar-refractivity contribution is -0.143. The predicted molar refractivity (Wildman–Crippen MR) is 101 cm³/mol. The maximum Gasteiger partial charge on any atom is 0.303 e. The second-order valence-electron chi connectivity index (χ2n) is 7.79. The average molecular weight is 372 g/mol. The van der Waals surface area contributed by atoms with Crippen molar-refractivity contribution >= 4 is 17.8 Å². The smallest absolute Gasteiger partial charge is 0.303 e. The molecule has 2 aliphatic rings. The summed E-state index contributed by atoms with van der Waals surface area (Å²) in [4.78, 5) is 39.9. The highest BCUT2D eigenvalue weighted by Gasteiger charge is 2.39. The van der Waals surface area contributed by atoms with Gasteiger partial charge in [-0.15, -0.1) is 0 Å². The van der Waals surface area contributed by atoms with Crippen LogP contribution in [0.15, 0.2) is 24.3 Å². The summed E-state index contributed by atoms with van der Waals surface area (Å²) in [5, 5.41) is 8.89. The van der Waals surface area contributed by atoms with E-state index in [9.17, 15) is 14.4 Å². The van der Waals surface area contributed by atoms with E-state index in [2.05, 4.69) is 0 Å². The third-order valence-electron chi connectivity index (χ3n) is 5.68. The van der Waals surface area contributed by atoms with Crippen LogP contribution in [0.4, 0.5) is 0 Å². The summed E-state index contributed by atoms with van der Waals surface area (Å²) < 4.78 is 0. The largest absolute Gasteiger partial charge is 0.481 e. The summed E-state index contributed by atoms with van der Waals surface area (Å²) in [6.45, 7) is 3.79. The highest BCUT2D eigenvalue weighted by Crippen LogP contribution is 2.27. The summed E-state index contributed by atoms with van der Waals surface area (Å²) in [7, 11) is 0. The van der Waals surface area contributed by atoms with Crippen LogP contribution in [-0.2, 0) is 20.9 Å². The standard InChI is InChI=1S/C21H28N2O4/c1-15-4-6-17(7-5-15)14-23-18(9-10-19(23)24)21(27)22-12-2-3-16(13-22)8-11-20(25)26/h4-7,16,18H,2-3,8-14H2,1H3,(H,25,26)/t16-,18-/m1/s1. The molecule has 2 saturated heterocycles. The van der Waals surface area contributed by atoms with Crippen LogP contribution in [0.25, 0.3) is 0 Å². The van der Waals surface area contributed by atoms with Crippen molar-refractivity contribution in [2.45, 2.75) is 58.0 Å². The van der Waals surface area contributed by atoms with Gasteiger partial charge in [-0.1, -0.05) is 29.8 Å². The molecule has 0 aliphatic carbocycles. The zero-order valence-corrected chi connectivity index (χ0v) is 15.9. The van der Waals surface area contributed by atoms with E-state index in [-0.39, 0.29) is 24.2 Å². The third kappa shape index (κ3) is 4.87. The van der Waals surface area contributed by atoms with E-state index in [0.29, 0.717) is 38.9 Å². The van der Waals surface area contributed by atoms with Crippen molar-refractivity contribution in [3.63, 3.8) is 0 Å². The lowest BCUT2D eigenvalue weighted by Gasteiger charge is -2.36. The Kier molecular flexibility index (Phi) is 6.14. The fourth-order valence-corrected chi connectivity index (χ4v) is 4.12. The number of amides is 2. The average Bonchev–Trinajstić information content (AvgIpc) is 3.02. The summed E-state index contributed by atoms with van der Waals surface area (Å²) in [6, 6.07) is 7.66. The van der Waals surface area contributed by atoms with Crippen LogP contribution in [0.3, 0.4) is 0 Å². The number of hydrogen-bond acceptors (Lipinski definition) is 3. The zero-order chi connectivity index (χ0) is 19.4. The van der Waals surface area contributed by atoms with Gasteiger partial charge in [-0.25, -0.2) is 0 Å². The predicted octanol–water partition coefficient (Wildman–Crippen LogP) is 2.59. The normalized spacial score (nSPS) is 22.9. The Morgan fingerprint density at radius 2 is 1.93 bits per heavy atom. The van der Waals surface area contributed by atoms with Gasteiger partial charge in [0.25, 0.3) is 0 Å². The van der Waals surface area contributed by atoms with E-state index in [1.165, 1.54) is 5.56 Å². The molecular weight excluding hydrogens is 344 g/mol. The molecule has 6 heteroatoms. The minimum Gasteiger partial charge on any atom is -0.481 e. The van der Waals surface area contributed by atoms with Gasteiger partial charge in [-0.05, 0) is 44.1 Å². The van der Waals surface area contributed by atoms with E-state index in [1.807, 2.05) is 36.1 Å². The van der Waals surface area contributed by atoms with Gasteiger partial charge in [0.2, 0.25) is 11.8 Å². The van der Waals surface area contributed by atoms with Crippen LogP contribution in [-0.4, -0.2) is 51.8 Å². The molecule has 2 atom stereocenters. The molecule has 1 aromatic rings. The zero-order valence-electron chi connectivity index (χ0n) is 15.9. The number of aliphatic carboxylic acids is 1. The Balaban J connectivity index is 1.64. The Morgan fingerprint density at radius 1 is 1.19 bits per heavy atom. The monoisotopic (exact) mass is 372 g/mol. The molecule has 2 aliphatic heterocycles. The quantitative estimate of drug-likeness (QED) is 0.833. The maximum atomic E-state index is 13.1. The highest BCUT2D eigenvalue weighted by atomic mass is 16.4. The van der Waals surface area contributed by atoms with Crippen LogP contribution in [0.1, 0.15) is 49.7 Å². The van der Waals surface area contributed by atoms with Crippen molar-refractivity contribution in [2.24, 2.45) is 5.92 Å². The van der Waals surface area contributed by atoms with Crippen molar-refractivity contribution in [3.05, 3.63) is 35.4 Å². The van der Waals surface area contributed by atoms with Gasteiger partial charge in [0.15, 0.2) is 0 Å². The first-order chi connectivity index (χ1) is 12.9. The van der Waals surface area contributed by atoms with Gasteiger partial charge >= 0.3 is 5.97 Å². The van der Waals surface area contributed by atoms with Crippen molar-refractivity contribution in [1.29, 1.82) is 0 Å². The summed E-state index contributed by atoms with van der Waals surface area (Å²) in [6.07, 6.45) is 3.60. The minimum atomic E-state index is -0.788. The number of nitrogens with zero attached hydrogens (tertiary/aromatic N) is 2. The summed E-state index contributed by atoms with van der Waals surface area (Å²) in [5.74, 6) is -0.494. The molecule has 1 aromatic carbocycles. The Hall–Kier alpha value is -2.37. The number of carbonyl (C=O) groups excluding carboxylic acids is 2. The van der Waals surface area contributed by atoms with Crippen molar-refractivity contribution in [1.82, 2.24) is 9.80 Å². The Labute approximate surface area is 160 Å². The van der Waals surface area contributed by atoms with E-state index in [0.717, 1.165) is 18.4 Å². The molecule has 0 spiro atoms. The molecule has 0 bridgehead atoms. The van der Waals surface area contributed by atoms with Gasteiger partial charge in [0, 0.05) is 32.5 Å². The lowest BCUT2D eigenvalue weighted by atomic mass is 9.93. The topological polar surface area (TPSA) is 77.9 Å². The Bertz CT molecular complexity index is 701. The van der Waals surface area contributed by atoms with Gasteiger partial charge in [-0.2, -0.15) is 0 Å². The lowest BCUT2D eigenvalue weighted by Crippen LogP contribution is -2.49. The molecule has 0 radical (unpaired) electrons. The van der Waals surface area contributed by atoms with E-state index >= 15 is 0 Å². The molecule has 3 rings (SSSR count). The van der Waals surface area contributed by atoms with Crippen molar-refractivity contribution in [3.8, 4) is 0 Å². The second-order valence-corrected chi connectivity index (χ2v) is 7.79. The van der Waals surface area contributed by atoms with Crippen LogP contribution >= 0.6 is 0 Å². The van der Waals surface area contributed by atoms with Gasteiger partial charge in [-0.3, -0.25) is 14.4 Å². The number of benzene rings is 1. The van der Waals surface area contributed by atoms with E-state index in [4.69, 9.17) is 5.11 Å². The van der Waals surface area contributed by atoms with Crippen LogP contribution < -0.4 is 0 Å². The number of piperidine rings is 1. The molecule has 146 valence electrons. The minimum absolute atomic E-state index is 0.0213. The SMILES string of the molecule is Cc1ccc(CN2C(=O)CC[C@@H]2C(=O)N2CCC[C@H](CCC(=O)O)C2)cc1. The number of carboxylic acids is 1. The fourth-order valence-electron chi connectivity index (χ4n) is 4.12. The molecule has 1 N–H and O–H groups in total. The summed E-state index contributed by atoms with van der Waals surface area (Å²) >= 11 is 0. The van der Waals surface area contributed by atoms with Gasteiger partial charge in [0.05, 0.1) is 0 Å². The number of likely N-dealkylation sites (tertiary alicyclic amines) is 2. The van der Waals surface area contributed by atoms with Crippen LogP contribution in [0.2, 0.25) is 0 Å². The maximum absolute atomic E-state index is 13.1. The first-order valence-electron chi connectivity index (χ1n) is 9.79. The molecule has 6 nitrogen and oxygen atoms in total.